The van der Waals surface area contributed by atoms with E-state index in [1.165, 1.54) is 173 Å². The average molecular weight is 465 g/mol. The molecule has 0 aromatic carbocycles. The van der Waals surface area contributed by atoms with Gasteiger partial charge in [-0.3, -0.25) is 0 Å². The van der Waals surface area contributed by atoms with Crippen molar-refractivity contribution in [3.63, 3.8) is 0 Å². The molecule has 0 aromatic rings. The van der Waals surface area contributed by atoms with Gasteiger partial charge in [0.25, 0.3) is 0 Å². The molecule has 0 heteroatoms. The summed E-state index contributed by atoms with van der Waals surface area (Å²) in [6.45, 7) is 9.54. The second-order valence-corrected chi connectivity index (χ2v) is 11.8. The molecule has 2 unspecified atom stereocenters. The van der Waals surface area contributed by atoms with E-state index < -0.39 is 0 Å². The summed E-state index contributed by atoms with van der Waals surface area (Å²) in [5.74, 6) is 1.91. The molecule has 33 heavy (non-hydrogen) atoms. The van der Waals surface area contributed by atoms with Crippen molar-refractivity contribution in [2.24, 2.45) is 11.8 Å². The molecule has 0 amide bonds. The molecular formula is C33H68. The molecular weight excluding hydrogens is 396 g/mol. The maximum Gasteiger partial charge on any atom is -0.0443 e. The van der Waals surface area contributed by atoms with Gasteiger partial charge in [0.2, 0.25) is 0 Å². The van der Waals surface area contributed by atoms with Gasteiger partial charge in [-0.1, -0.05) is 201 Å². The maximum atomic E-state index is 2.50. The van der Waals surface area contributed by atoms with Gasteiger partial charge < -0.3 is 0 Å². The van der Waals surface area contributed by atoms with E-state index in [-0.39, 0.29) is 0 Å². The van der Waals surface area contributed by atoms with E-state index in [1.54, 1.807) is 0 Å². The summed E-state index contributed by atoms with van der Waals surface area (Å²) in [6.07, 6.45) is 39.7. The van der Waals surface area contributed by atoms with Crippen LogP contribution < -0.4 is 0 Å². The van der Waals surface area contributed by atoms with Gasteiger partial charge in [0.15, 0.2) is 0 Å². The molecule has 0 aliphatic rings. The van der Waals surface area contributed by atoms with Crippen molar-refractivity contribution in [1.82, 2.24) is 0 Å². The smallest absolute Gasteiger partial charge is 0.0443 e. The third-order valence-corrected chi connectivity index (χ3v) is 8.14. The van der Waals surface area contributed by atoms with Crippen molar-refractivity contribution in [2.75, 3.05) is 0 Å². The third-order valence-electron chi connectivity index (χ3n) is 8.14. The molecule has 0 heterocycles. The summed E-state index contributed by atoms with van der Waals surface area (Å²) in [6, 6.07) is 0. The molecule has 2 atom stereocenters. The molecule has 0 spiro atoms. The summed E-state index contributed by atoms with van der Waals surface area (Å²) in [7, 11) is 0. The summed E-state index contributed by atoms with van der Waals surface area (Å²) < 4.78 is 0. The van der Waals surface area contributed by atoms with Crippen LogP contribution in [0, 0.1) is 11.8 Å². The molecule has 0 N–H and O–H groups in total. The first kappa shape index (κ1) is 33.0. The number of rotatable bonds is 28. The summed E-state index contributed by atoms with van der Waals surface area (Å²) in [4.78, 5) is 0. The van der Waals surface area contributed by atoms with E-state index in [0.29, 0.717) is 0 Å². The third kappa shape index (κ3) is 28.1. The minimum Gasteiger partial charge on any atom is -0.0654 e. The van der Waals surface area contributed by atoms with E-state index in [2.05, 4.69) is 27.7 Å². The van der Waals surface area contributed by atoms with Gasteiger partial charge in [-0.05, 0) is 11.8 Å². The minimum absolute atomic E-state index is 0.947. The van der Waals surface area contributed by atoms with Crippen LogP contribution in [0.4, 0.5) is 0 Å². The lowest BCUT2D eigenvalue weighted by atomic mass is 9.95. The highest BCUT2D eigenvalue weighted by molar-refractivity contribution is 4.57. The van der Waals surface area contributed by atoms with Gasteiger partial charge in [-0.25, -0.2) is 0 Å². The Morgan fingerprint density at radius 1 is 0.303 bits per heavy atom. The van der Waals surface area contributed by atoms with Crippen molar-refractivity contribution < 1.29 is 0 Å². The lowest BCUT2D eigenvalue weighted by Gasteiger charge is -2.11. The second-order valence-electron chi connectivity index (χ2n) is 11.8. The van der Waals surface area contributed by atoms with E-state index in [0.717, 1.165) is 11.8 Å². The monoisotopic (exact) mass is 465 g/mol. The average Bonchev–Trinajstić information content (AvgIpc) is 2.82. The summed E-state index contributed by atoms with van der Waals surface area (Å²) in [5, 5.41) is 0. The van der Waals surface area contributed by atoms with Crippen LogP contribution in [0.5, 0.6) is 0 Å². The van der Waals surface area contributed by atoms with Gasteiger partial charge in [-0.15, -0.1) is 0 Å². The zero-order valence-electron chi connectivity index (χ0n) is 24.2. The fraction of sp³-hybridized carbons (Fsp3) is 1.00. The molecule has 0 fully saturated rings. The van der Waals surface area contributed by atoms with Gasteiger partial charge >= 0.3 is 0 Å². The van der Waals surface area contributed by atoms with E-state index in [9.17, 15) is 0 Å². The van der Waals surface area contributed by atoms with E-state index in [4.69, 9.17) is 0 Å². The van der Waals surface area contributed by atoms with Gasteiger partial charge in [0.05, 0.1) is 0 Å². The summed E-state index contributed by atoms with van der Waals surface area (Å²) >= 11 is 0. The predicted octanol–water partition coefficient (Wildman–Crippen LogP) is 12.8. The van der Waals surface area contributed by atoms with Crippen LogP contribution in [0.25, 0.3) is 0 Å². The van der Waals surface area contributed by atoms with Crippen LogP contribution in [0.15, 0.2) is 0 Å². The highest BCUT2D eigenvalue weighted by Gasteiger charge is 2.02. The fourth-order valence-corrected chi connectivity index (χ4v) is 5.26. The maximum absolute atomic E-state index is 2.50. The first-order valence-electron chi connectivity index (χ1n) is 16.2. The van der Waals surface area contributed by atoms with Crippen LogP contribution in [0.3, 0.4) is 0 Å². The fourth-order valence-electron chi connectivity index (χ4n) is 5.26. The lowest BCUT2D eigenvalue weighted by molar-refractivity contribution is 0.429. The Morgan fingerprint density at radius 3 is 0.818 bits per heavy atom. The van der Waals surface area contributed by atoms with Gasteiger partial charge in [0.1, 0.15) is 0 Å². The topological polar surface area (TPSA) is 0 Å². The van der Waals surface area contributed by atoms with Crippen LogP contribution in [-0.2, 0) is 0 Å². The van der Waals surface area contributed by atoms with Crippen molar-refractivity contribution in [3.8, 4) is 0 Å². The second kappa shape index (κ2) is 28.2. The molecule has 200 valence electrons. The Bertz CT molecular complexity index is 333. The van der Waals surface area contributed by atoms with Crippen LogP contribution in [0.2, 0.25) is 0 Å². The van der Waals surface area contributed by atoms with E-state index >= 15 is 0 Å². The highest BCUT2D eigenvalue weighted by Crippen LogP contribution is 2.19. The summed E-state index contributed by atoms with van der Waals surface area (Å²) in [5.41, 5.74) is 0. The van der Waals surface area contributed by atoms with Crippen LogP contribution in [-0.4, -0.2) is 0 Å². The first-order valence-corrected chi connectivity index (χ1v) is 16.2. The Morgan fingerprint density at radius 2 is 0.545 bits per heavy atom. The Labute approximate surface area is 212 Å². The molecule has 0 aliphatic carbocycles. The number of hydrogen-bond donors (Lipinski definition) is 0. The molecule has 0 bridgehead atoms. The molecule has 0 saturated carbocycles. The number of unbranched alkanes of at least 4 members (excludes halogenated alkanes) is 21. The zero-order valence-corrected chi connectivity index (χ0v) is 24.2. The lowest BCUT2D eigenvalue weighted by Crippen LogP contribution is -1.95. The zero-order chi connectivity index (χ0) is 24.2. The normalized spacial score (nSPS) is 13.5. The quantitative estimate of drug-likeness (QED) is 0.101. The molecule has 0 nitrogen and oxygen atoms in total. The molecule has 0 radical (unpaired) electrons. The minimum atomic E-state index is 0.947. The molecule has 0 rings (SSSR count). The molecule has 0 saturated heterocycles. The van der Waals surface area contributed by atoms with Crippen LogP contribution >= 0.6 is 0 Å². The largest absolute Gasteiger partial charge is 0.0654 e. The molecule has 0 aliphatic heterocycles. The SMILES string of the molecule is CCCCCCCCCCCCC(C)CCCCCCCCCCCCCCCC(C)CC. The van der Waals surface area contributed by atoms with Crippen molar-refractivity contribution in [2.45, 2.75) is 201 Å². The van der Waals surface area contributed by atoms with Gasteiger partial charge in [0, 0.05) is 0 Å². The van der Waals surface area contributed by atoms with Crippen LogP contribution in [0.1, 0.15) is 201 Å². The molecule has 0 aromatic heterocycles. The first-order chi connectivity index (χ1) is 16.2. The Hall–Kier alpha value is 0. The standard InChI is InChI=1S/C33H68/c1-5-7-8-9-10-11-17-21-24-27-30-33(4)31-28-25-22-19-16-14-12-13-15-18-20-23-26-29-32(3)6-2/h32-33H,5-31H2,1-4H3. The highest BCUT2D eigenvalue weighted by atomic mass is 14.1. The van der Waals surface area contributed by atoms with Crippen molar-refractivity contribution >= 4 is 0 Å². The number of hydrogen-bond acceptors (Lipinski definition) is 0. The Balaban J connectivity index is 3.15. The Kier molecular flexibility index (Phi) is 28.2. The van der Waals surface area contributed by atoms with Gasteiger partial charge in [-0.2, -0.15) is 0 Å². The van der Waals surface area contributed by atoms with Crippen molar-refractivity contribution in [1.29, 1.82) is 0 Å². The predicted molar refractivity (Wildman–Crippen MR) is 154 cm³/mol. The van der Waals surface area contributed by atoms with E-state index in [1.807, 2.05) is 0 Å². The van der Waals surface area contributed by atoms with Crippen molar-refractivity contribution in [3.05, 3.63) is 0 Å².